The maximum Gasteiger partial charge on any atom is 0.161 e. The van der Waals surface area contributed by atoms with Gasteiger partial charge in [0.2, 0.25) is 0 Å². The molecule has 6 unspecified atom stereocenters. The molecule has 0 saturated carbocycles. The van der Waals surface area contributed by atoms with Crippen molar-refractivity contribution in [3.05, 3.63) is 71.8 Å². The summed E-state index contributed by atoms with van der Waals surface area (Å²) >= 11 is 1.57. The Morgan fingerprint density at radius 3 is 2.03 bits per heavy atom. The van der Waals surface area contributed by atoms with E-state index in [0.717, 1.165) is 16.3 Å². The van der Waals surface area contributed by atoms with Crippen LogP contribution >= 0.6 is 11.8 Å². The van der Waals surface area contributed by atoms with Crippen molar-refractivity contribution in [3.8, 4) is 0 Å². The highest BCUT2D eigenvalue weighted by Crippen LogP contribution is 2.40. The topological polar surface area (TPSA) is 63.5 Å². The summed E-state index contributed by atoms with van der Waals surface area (Å²) in [5, 5.41) is 11.4. The normalized spacial score (nSPS) is 28.6. The standard InChI is InChI=1S/C24H30N2O4S/c1-16(27)20-22(29-15-18-12-8-5-9-13-18)21(28-14-17-10-6-4-7-11-17)19-23(30-20)31-24(25-19)26(2)3/h4-13,16,19-23,27H,14-15H2,1-3H3. The summed E-state index contributed by atoms with van der Waals surface area (Å²) in [6.45, 7) is 2.60. The van der Waals surface area contributed by atoms with Gasteiger partial charge in [-0.2, -0.15) is 0 Å². The van der Waals surface area contributed by atoms with Crippen LogP contribution in [0, 0.1) is 0 Å². The van der Waals surface area contributed by atoms with Gasteiger partial charge < -0.3 is 24.2 Å². The van der Waals surface area contributed by atoms with Crippen molar-refractivity contribution in [1.29, 1.82) is 0 Å². The molecule has 0 amide bonds. The van der Waals surface area contributed by atoms with Crippen molar-refractivity contribution >= 4 is 16.9 Å². The van der Waals surface area contributed by atoms with Gasteiger partial charge in [-0.25, -0.2) is 0 Å². The van der Waals surface area contributed by atoms with Gasteiger partial charge in [-0.3, -0.25) is 4.99 Å². The van der Waals surface area contributed by atoms with Crippen LogP contribution in [0.15, 0.2) is 65.7 Å². The molecule has 0 radical (unpaired) electrons. The number of thioether (sulfide) groups is 1. The highest BCUT2D eigenvalue weighted by atomic mass is 32.2. The third-order valence-electron chi connectivity index (χ3n) is 5.46. The predicted molar refractivity (Wildman–Crippen MR) is 123 cm³/mol. The molecule has 2 aromatic carbocycles. The van der Waals surface area contributed by atoms with E-state index >= 15 is 0 Å². The second-order valence-electron chi connectivity index (χ2n) is 8.15. The van der Waals surface area contributed by atoms with Crippen LogP contribution in [0.3, 0.4) is 0 Å². The van der Waals surface area contributed by atoms with E-state index in [2.05, 4.69) is 0 Å². The van der Waals surface area contributed by atoms with E-state index < -0.39 is 18.3 Å². The molecule has 31 heavy (non-hydrogen) atoms. The number of nitrogens with zero attached hydrogens (tertiary/aromatic N) is 2. The fourth-order valence-corrected chi connectivity index (χ4v) is 5.01. The molecule has 2 aliphatic heterocycles. The average Bonchev–Trinajstić information content (AvgIpc) is 3.22. The Kier molecular flexibility index (Phi) is 7.30. The Hall–Kier alpha value is -1.90. The minimum atomic E-state index is -0.700. The summed E-state index contributed by atoms with van der Waals surface area (Å²) in [6, 6.07) is 19.9. The molecule has 0 aromatic heterocycles. The number of aliphatic imine (C=N–C) groups is 1. The Bertz CT molecular complexity index is 862. The van der Waals surface area contributed by atoms with Crippen LogP contribution in [-0.2, 0) is 27.4 Å². The second kappa shape index (κ2) is 10.1. The molecule has 6 atom stereocenters. The van der Waals surface area contributed by atoms with Gasteiger partial charge in [0.25, 0.3) is 0 Å². The van der Waals surface area contributed by atoms with Gasteiger partial charge in [0.1, 0.15) is 29.8 Å². The first kappa shape index (κ1) is 22.3. The first-order valence-corrected chi connectivity index (χ1v) is 11.5. The van der Waals surface area contributed by atoms with Crippen LogP contribution in [0.4, 0.5) is 0 Å². The van der Waals surface area contributed by atoms with E-state index in [1.54, 1.807) is 18.7 Å². The summed E-state index contributed by atoms with van der Waals surface area (Å²) < 4.78 is 19.1. The number of aliphatic hydroxyl groups is 1. The molecule has 2 aliphatic rings. The van der Waals surface area contributed by atoms with Crippen LogP contribution in [0.2, 0.25) is 0 Å². The van der Waals surface area contributed by atoms with Crippen molar-refractivity contribution in [2.24, 2.45) is 4.99 Å². The molecule has 7 heteroatoms. The van der Waals surface area contributed by atoms with Crippen molar-refractivity contribution in [3.63, 3.8) is 0 Å². The zero-order valence-corrected chi connectivity index (χ0v) is 18.9. The zero-order valence-electron chi connectivity index (χ0n) is 18.1. The number of rotatable bonds is 7. The number of ether oxygens (including phenoxy) is 3. The molecule has 0 bridgehead atoms. The molecule has 1 fully saturated rings. The highest BCUT2D eigenvalue weighted by molar-refractivity contribution is 8.14. The number of aliphatic hydroxyl groups excluding tert-OH is 1. The van der Waals surface area contributed by atoms with Gasteiger partial charge in [0.15, 0.2) is 5.17 Å². The molecule has 0 aliphatic carbocycles. The molecule has 1 saturated heterocycles. The third-order valence-corrected chi connectivity index (χ3v) is 6.77. The average molecular weight is 443 g/mol. The maximum absolute atomic E-state index is 10.5. The fraction of sp³-hybridized carbons (Fsp3) is 0.458. The number of benzene rings is 2. The Labute approximate surface area is 188 Å². The first-order valence-electron chi connectivity index (χ1n) is 10.6. The molecule has 4 rings (SSSR count). The van der Waals surface area contributed by atoms with Crippen LogP contribution in [0.5, 0.6) is 0 Å². The predicted octanol–water partition coefficient (Wildman–Crippen LogP) is 3.30. The fourth-order valence-electron chi connectivity index (χ4n) is 3.87. The largest absolute Gasteiger partial charge is 0.391 e. The quantitative estimate of drug-likeness (QED) is 0.710. The summed E-state index contributed by atoms with van der Waals surface area (Å²) in [6.07, 6.45) is -1.99. The van der Waals surface area contributed by atoms with Gasteiger partial charge in [-0.1, -0.05) is 72.4 Å². The van der Waals surface area contributed by atoms with Crippen molar-refractivity contribution in [1.82, 2.24) is 4.90 Å². The highest BCUT2D eigenvalue weighted by Gasteiger charge is 2.52. The summed E-state index contributed by atoms with van der Waals surface area (Å²) in [5.41, 5.74) is 1.94. The third kappa shape index (κ3) is 5.30. The molecule has 2 aromatic rings. The SMILES string of the molecule is CC(O)C1OC2SC(N(C)C)=NC2C(OCc2ccccc2)C1OCc1ccccc1. The number of hydrogen-bond acceptors (Lipinski definition) is 7. The minimum Gasteiger partial charge on any atom is -0.391 e. The monoisotopic (exact) mass is 442 g/mol. The van der Waals surface area contributed by atoms with Crippen LogP contribution in [-0.4, -0.2) is 65.2 Å². The van der Waals surface area contributed by atoms with Crippen LogP contribution < -0.4 is 0 Å². The molecular formula is C24H30N2O4S. The lowest BCUT2D eigenvalue weighted by Crippen LogP contribution is -2.59. The molecule has 166 valence electrons. The lowest BCUT2D eigenvalue weighted by molar-refractivity contribution is -0.218. The molecule has 0 spiro atoms. The Balaban J connectivity index is 1.59. The second-order valence-corrected chi connectivity index (χ2v) is 9.21. The number of hydrogen-bond donors (Lipinski definition) is 1. The summed E-state index contributed by atoms with van der Waals surface area (Å²) in [5.74, 6) is 0. The molecule has 1 N–H and O–H groups in total. The van der Waals surface area contributed by atoms with Crippen molar-refractivity contribution in [2.45, 2.75) is 56.0 Å². The van der Waals surface area contributed by atoms with Gasteiger partial charge in [-0.15, -0.1) is 0 Å². The van der Waals surface area contributed by atoms with E-state index in [1.807, 2.05) is 79.7 Å². The van der Waals surface area contributed by atoms with Gasteiger partial charge in [0, 0.05) is 14.1 Å². The zero-order chi connectivity index (χ0) is 21.8. The lowest BCUT2D eigenvalue weighted by Gasteiger charge is -2.43. The van der Waals surface area contributed by atoms with Crippen LogP contribution in [0.25, 0.3) is 0 Å². The summed E-state index contributed by atoms with van der Waals surface area (Å²) in [4.78, 5) is 6.88. The summed E-state index contributed by atoms with van der Waals surface area (Å²) in [7, 11) is 3.94. The molecular weight excluding hydrogens is 412 g/mol. The Morgan fingerprint density at radius 1 is 0.968 bits per heavy atom. The van der Waals surface area contributed by atoms with E-state index in [1.165, 1.54) is 0 Å². The van der Waals surface area contributed by atoms with Crippen LogP contribution in [0.1, 0.15) is 18.1 Å². The number of amidine groups is 1. The first-order chi connectivity index (χ1) is 15.0. The van der Waals surface area contributed by atoms with Gasteiger partial charge in [0.05, 0.1) is 19.3 Å². The Morgan fingerprint density at radius 2 is 1.52 bits per heavy atom. The molecule has 2 heterocycles. The maximum atomic E-state index is 10.5. The van der Waals surface area contributed by atoms with Crippen molar-refractivity contribution in [2.75, 3.05) is 14.1 Å². The smallest absolute Gasteiger partial charge is 0.161 e. The lowest BCUT2D eigenvalue weighted by atomic mass is 9.94. The van der Waals surface area contributed by atoms with Gasteiger partial charge in [-0.05, 0) is 18.1 Å². The van der Waals surface area contributed by atoms with Gasteiger partial charge >= 0.3 is 0 Å². The number of fused-ring (bicyclic) bond motifs is 1. The van der Waals surface area contributed by atoms with E-state index in [4.69, 9.17) is 19.2 Å². The van der Waals surface area contributed by atoms with E-state index in [9.17, 15) is 5.11 Å². The minimum absolute atomic E-state index is 0.207. The molecule has 6 nitrogen and oxygen atoms in total. The van der Waals surface area contributed by atoms with E-state index in [0.29, 0.717) is 13.2 Å². The van der Waals surface area contributed by atoms with Crippen molar-refractivity contribution < 1.29 is 19.3 Å². The van der Waals surface area contributed by atoms with E-state index in [-0.39, 0.29) is 17.6 Å².